The van der Waals surface area contributed by atoms with Gasteiger partial charge in [-0.3, -0.25) is 23.4 Å². The van der Waals surface area contributed by atoms with E-state index in [-0.39, 0.29) is 25.9 Å². The molecule has 0 rings (SSSR count). The lowest BCUT2D eigenvalue weighted by Gasteiger charge is -2.21. The summed E-state index contributed by atoms with van der Waals surface area (Å²) in [5.74, 6) is -1.47. The van der Waals surface area contributed by atoms with Crippen molar-refractivity contribution < 1.29 is 52.2 Å². The predicted octanol–water partition coefficient (Wildman–Crippen LogP) is 19.5. The second kappa shape index (κ2) is 60.3. The monoisotopic (exact) mass is 1120 g/mol. The van der Waals surface area contributed by atoms with Crippen molar-refractivity contribution in [2.24, 2.45) is 0 Å². The van der Waals surface area contributed by atoms with Gasteiger partial charge in [0.2, 0.25) is 0 Å². The van der Waals surface area contributed by atoms with Crippen LogP contribution in [0.4, 0.5) is 0 Å². The minimum absolute atomic E-state index is 0.150. The Bertz CT molecular complexity index is 1540. The van der Waals surface area contributed by atoms with E-state index in [0.29, 0.717) is 19.3 Å². The molecule has 0 bridgehead atoms. The maximum absolute atomic E-state index is 13.0. The van der Waals surface area contributed by atoms with Crippen LogP contribution in [0, 0.1) is 0 Å². The van der Waals surface area contributed by atoms with E-state index in [9.17, 15) is 28.9 Å². The molecule has 2 N–H and O–H groups in total. The Morgan fingerprint density at radius 2 is 0.667 bits per heavy atom. The Balaban J connectivity index is 4.70. The third kappa shape index (κ3) is 57.9. The first-order valence-corrected chi connectivity index (χ1v) is 33.7. The fourth-order valence-corrected chi connectivity index (χ4v) is 9.83. The molecule has 0 saturated heterocycles. The molecule has 0 fully saturated rings. The van der Waals surface area contributed by atoms with E-state index in [1.165, 1.54) is 122 Å². The Morgan fingerprint density at radius 3 is 1.04 bits per heavy atom. The largest absolute Gasteiger partial charge is 0.472 e. The van der Waals surface area contributed by atoms with E-state index < -0.39 is 57.8 Å². The number of carbonyl (C=O) groups excluding carboxylic acids is 3. The molecule has 78 heavy (non-hydrogen) atoms. The predicted molar refractivity (Wildman–Crippen MR) is 325 cm³/mol. The summed E-state index contributed by atoms with van der Waals surface area (Å²) < 4.78 is 39.7. The van der Waals surface area contributed by atoms with Crippen molar-refractivity contribution in [3.63, 3.8) is 0 Å². The molecule has 0 aromatic heterocycles. The van der Waals surface area contributed by atoms with Crippen LogP contribution in [-0.4, -0.2) is 66.5 Å². The van der Waals surface area contributed by atoms with Gasteiger partial charge in [0.05, 0.1) is 19.8 Å². The lowest BCUT2D eigenvalue weighted by atomic mass is 10.0. The van der Waals surface area contributed by atoms with Crippen molar-refractivity contribution in [3.05, 3.63) is 60.8 Å². The average molecular weight is 1120 g/mol. The summed E-state index contributed by atoms with van der Waals surface area (Å²) in [6, 6.07) is 0. The van der Waals surface area contributed by atoms with Crippen LogP contribution in [-0.2, 0) is 42.2 Å². The molecule has 0 aliphatic heterocycles. The first-order chi connectivity index (χ1) is 38.2. The molecule has 0 aliphatic carbocycles. The third-order valence-electron chi connectivity index (χ3n) is 13.9. The van der Waals surface area contributed by atoms with E-state index in [1.54, 1.807) is 0 Å². The minimum Gasteiger partial charge on any atom is -0.462 e. The zero-order valence-corrected chi connectivity index (χ0v) is 51.3. The lowest BCUT2D eigenvalue weighted by molar-refractivity contribution is -0.161. The van der Waals surface area contributed by atoms with Gasteiger partial charge in [-0.15, -0.1) is 0 Å². The Morgan fingerprint density at radius 1 is 0.372 bits per heavy atom. The fraction of sp³-hybridized carbons (Fsp3) is 0.803. The number of phosphoric acid groups is 1. The molecule has 0 aromatic carbocycles. The van der Waals surface area contributed by atoms with Crippen molar-refractivity contribution in [1.29, 1.82) is 0 Å². The van der Waals surface area contributed by atoms with Crippen molar-refractivity contribution >= 4 is 25.7 Å². The van der Waals surface area contributed by atoms with Gasteiger partial charge in [-0.2, -0.15) is 0 Å². The summed E-state index contributed by atoms with van der Waals surface area (Å²) in [6.07, 6.45) is 67.4. The number of rotatable bonds is 60. The van der Waals surface area contributed by atoms with Gasteiger partial charge in [0, 0.05) is 19.3 Å². The van der Waals surface area contributed by atoms with Crippen LogP contribution < -0.4 is 0 Å². The second-order valence-corrected chi connectivity index (χ2v) is 23.0. The number of aliphatic hydroxyl groups excluding tert-OH is 1. The highest BCUT2D eigenvalue weighted by molar-refractivity contribution is 7.47. The van der Waals surface area contributed by atoms with Gasteiger partial charge in [-0.1, -0.05) is 261 Å². The number of hydrogen-bond acceptors (Lipinski definition) is 10. The molecule has 454 valence electrons. The number of esters is 3. The summed E-state index contributed by atoms with van der Waals surface area (Å²) >= 11 is 0. The smallest absolute Gasteiger partial charge is 0.462 e. The molecular weight excluding hydrogens is 1000 g/mol. The van der Waals surface area contributed by atoms with Crippen molar-refractivity contribution in [2.45, 2.75) is 315 Å². The van der Waals surface area contributed by atoms with E-state index in [2.05, 4.69) is 81.5 Å². The van der Waals surface area contributed by atoms with E-state index in [1.807, 2.05) is 0 Å². The van der Waals surface area contributed by atoms with Crippen LogP contribution in [0.25, 0.3) is 0 Å². The van der Waals surface area contributed by atoms with E-state index in [4.69, 9.17) is 23.3 Å². The SMILES string of the molecule is CC/C=C\C/C=C\C/C=C\C/C=C\CCCCCCCCC(=O)OC(COC(=O)CCCCCCC/C=C\CCCCCCCC)COP(=O)(O)OCC(CO)OC(=O)CCCCCCCCCCCCCCCCCCC. The Hall–Kier alpha value is -2.82. The second-order valence-electron chi connectivity index (χ2n) is 21.6. The van der Waals surface area contributed by atoms with Crippen molar-refractivity contribution in [2.75, 3.05) is 26.4 Å². The van der Waals surface area contributed by atoms with Gasteiger partial charge in [0.15, 0.2) is 6.10 Å². The van der Waals surface area contributed by atoms with E-state index >= 15 is 0 Å². The molecule has 11 nitrogen and oxygen atoms in total. The highest BCUT2D eigenvalue weighted by atomic mass is 31.2. The summed E-state index contributed by atoms with van der Waals surface area (Å²) in [4.78, 5) is 48.7. The van der Waals surface area contributed by atoms with Gasteiger partial charge in [-0.05, 0) is 83.5 Å². The Labute approximate surface area is 478 Å². The quantitative estimate of drug-likeness (QED) is 0.0197. The maximum Gasteiger partial charge on any atom is 0.472 e. The standard InChI is InChI=1S/C66H119O11P/c1-4-7-10-13-16-19-22-25-28-30-31-33-36-39-42-45-48-51-54-57-66(70)77-63(59-73-64(68)55-52-49-46-43-40-37-34-27-24-21-18-15-12-9-6-3)61-75-78(71,72)74-60-62(58-67)76-65(69)56-53-50-47-44-41-38-35-32-29-26-23-20-17-14-11-8-5-2/h7,10,16,19,25,27-28,31,33-34,62-63,67H,4-6,8-9,11-15,17-18,20-24,26,29-30,32,35-61H2,1-3H3,(H,71,72)/b10-7-,19-16-,28-25-,33-31-,34-27-. The van der Waals surface area contributed by atoms with Gasteiger partial charge in [0.25, 0.3) is 0 Å². The van der Waals surface area contributed by atoms with Gasteiger partial charge < -0.3 is 24.2 Å². The third-order valence-corrected chi connectivity index (χ3v) is 14.9. The molecular formula is C66H119O11P. The highest BCUT2D eigenvalue weighted by Crippen LogP contribution is 2.43. The normalized spacial score (nSPS) is 13.7. The molecule has 3 atom stereocenters. The molecule has 0 heterocycles. The topological polar surface area (TPSA) is 155 Å². The number of ether oxygens (including phenoxy) is 3. The molecule has 0 amide bonds. The van der Waals surface area contributed by atoms with Gasteiger partial charge >= 0.3 is 25.7 Å². The average Bonchev–Trinajstić information content (AvgIpc) is 3.43. The number of allylic oxidation sites excluding steroid dienone is 10. The number of hydrogen-bond donors (Lipinski definition) is 2. The van der Waals surface area contributed by atoms with Gasteiger partial charge in [0.1, 0.15) is 12.7 Å². The summed E-state index contributed by atoms with van der Waals surface area (Å²) in [5, 5.41) is 9.85. The van der Waals surface area contributed by atoms with Crippen molar-refractivity contribution in [1.82, 2.24) is 0 Å². The Kier molecular flexibility index (Phi) is 58.1. The summed E-state index contributed by atoms with van der Waals surface area (Å²) in [6.45, 7) is 4.56. The van der Waals surface area contributed by atoms with Crippen LogP contribution in [0.15, 0.2) is 60.8 Å². The minimum atomic E-state index is -4.76. The van der Waals surface area contributed by atoms with Crippen LogP contribution >= 0.6 is 7.82 Å². The molecule has 0 aromatic rings. The first kappa shape index (κ1) is 75.2. The molecule has 0 aliphatic rings. The van der Waals surface area contributed by atoms with Crippen LogP contribution in [0.1, 0.15) is 303 Å². The molecule has 0 radical (unpaired) electrons. The first-order valence-electron chi connectivity index (χ1n) is 32.2. The summed E-state index contributed by atoms with van der Waals surface area (Å²) in [5.41, 5.74) is 0. The summed E-state index contributed by atoms with van der Waals surface area (Å²) in [7, 11) is -4.76. The van der Waals surface area contributed by atoms with Crippen LogP contribution in [0.2, 0.25) is 0 Å². The molecule has 12 heteroatoms. The number of carbonyl (C=O) groups is 3. The molecule has 0 saturated carbocycles. The maximum atomic E-state index is 13.0. The van der Waals surface area contributed by atoms with E-state index in [0.717, 1.165) is 122 Å². The van der Waals surface area contributed by atoms with Gasteiger partial charge in [-0.25, -0.2) is 4.57 Å². The molecule has 0 spiro atoms. The zero-order chi connectivity index (χ0) is 56.9. The highest BCUT2D eigenvalue weighted by Gasteiger charge is 2.28. The number of unbranched alkanes of at least 4 members (excludes halogenated alkanes) is 33. The van der Waals surface area contributed by atoms with Crippen LogP contribution in [0.3, 0.4) is 0 Å². The van der Waals surface area contributed by atoms with Crippen molar-refractivity contribution in [3.8, 4) is 0 Å². The lowest BCUT2D eigenvalue weighted by Crippen LogP contribution is -2.30. The zero-order valence-electron chi connectivity index (χ0n) is 50.4. The molecule has 3 unspecified atom stereocenters. The fourth-order valence-electron chi connectivity index (χ4n) is 9.05. The number of aliphatic hydroxyl groups is 1. The van der Waals surface area contributed by atoms with Crippen LogP contribution in [0.5, 0.6) is 0 Å². The number of phosphoric ester groups is 1.